The number of rotatable bonds is 1. The Bertz CT molecular complexity index is 545. The zero-order chi connectivity index (χ0) is 14.3. The first-order chi connectivity index (χ1) is 9.58. The molecule has 0 spiro atoms. The third-order valence-corrected chi connectivity index (χ3v) is 4.17. The van der Waals surface area contributed by atoms with Gasteiger partial charge in [0, 0.05) is 26.3 Å². The molecule has 0 bridgehead atoms. The van der Waals surface area contributed by atoms with E-state index in [0.717, 1.165) is 18.4 Å². The number of ether oxygens (including phenoxy) is 1. The summed E-state index contributed by atoms with van der Waals surface area (Å²) in [6.45, 7) is 3.64. The molecule has 0 aliphatic carbocycles. The number of carbonyl (C=O) groups is 1. The second kappa shape index (κ2) is 5.18. The predicted octanol–water partition coefficient (Wildman–Crippen LogP) is 1.99. The normalized spacial score (nSPS) is 20.2. The lowest BCUT2D eigenvalue weighted by atomic mass is 10.1. The van der Waals surface area contributed by atoms with E-state index in [9.17, 15) is 4.79 Å². The third-order valence-electron chi connectivity index (χ3n) is 3.86. The molecule has 7 heteroatoms. The van der Waals surface area contributed by atoms with Gasteiger partial charge in [-0.2, -0.15) is 0 Å². The van der Waals surface area contributed by atoms with Crippen LogP contribution < -0.4 is 4.90 Å². The van der Waals surface area contributed by atoms with Crippen LogP contribution >= 0.6 is 11.6 Å². The topological polar surface area (TPSA) is 58.6 Å². The van der Waals surface area contributed by atoms with Crippen molar-refractivity contribution in [1.29, 1.82) is 0 Å². The van der Waals surface area contributed by atoms with Crippen LogP contribution in [0.3, 0.4) is 0 Å². The summed E-state index contributed by atoms with van der Waals surface area (Å²) >= 11 is 6.22. The number of anilines is 1. The number of nitrogens with zero attached hydrogens (tertiary/aromatic N) is 4. The summed E-state index contributed by atoms with van der Waals surface area (Å²) in [7, 11) is 1.73. The van der Waals surface area contributed by atoms with E-state index in [1.807, 2.05) is 4.90 Å². The van der Waals surface area contributed by atoms with Gasteiger partial charge in [0.1, 0.15) is 16.8 Å². The summed E-state index contributed by atoms with van der Waals surface area (Å²) in [5.74, 6) is 1.20. The van der Waals surface area contributed by atoms with Gasteiger partial charge in [0.15, 0.2) is 0 Å². The van der Waals surface area contributed by atoms with Crippen molar-refractivity contribution in [2.45, 2.75) is 32.4 Å². The van der Waals surface area contributed by atoms with Crippen LogP contribution in [-0.2, 0) is 11.3 Å². The molecule has 1 fully saturated rings. The molecule has 2 aliphatic heterocycles. The Morgan fingerprint density at radius 2 is 2.00 bits per heavy atom. The fourth-order valence-corrected chi connectivity index (χ4v) is 3.03. The van der Waals surface area contributed by atoms with Crippen LogP contribution in [0.5, 0.6) is 0 Å². The summed E-state index contributed by atoms with van der Waals surface area (Å²) in [4.78, 5) is 24.5. The van der Waals surface area contributed by atoms with Gasteiger partial charge in [-0.3, -0.25) is 4.90 Å². The van der Waals surface area contributed by atoms with Crippen molar-refractivity contribution in [2.75, 3.05) is 25.2 Å². The van der Waals surface area contributed by atoms with Gasteiger partial charge in [-0.1, -0.05) is 11.6 Å². The van der Waals surface area contributed by atoms with E-state index in [4.69, 9.17) is 16.3 Å². The highest BCUT2D eigenvalue weighted by Gasteiger charge is 2.35. The van der Waals surface area contributed by atoms with E-state index in [1.54, 1.807) is 18.9 Å². The Kier molecular flexibility index (Phi) is 3.52. The molecular formula is C13H17ClN4O2. The molecule has 20 heavy (non-hydrogen) atoms. The van der Waals surface area contributed by atoms with Crippen molar-refractivity contribution >= 4 is 23.4 Å². The minimum atomic E-state index is -0.0291. The van der Waals surface area contributed by atoms with Crippen LogP contribution in [0.4, 0.5) is 10.6 Å². The second-order valence-electron chi connectivity index (χ2n) is 5.18. The standard InChI is InChI=1S/C13H17ClN4O2/c1-8-15-11(14)10-7-18(9-3-5-20-6-4-9)13(19)17(2)12(10)16-8/h9H,3-7H2,1-2H3. The fraction of sp³-hybridized carbons (Fsp3) is 0.615. The zero-order valence-corrected chi connectivity index (χ0v) is 12.4. The highest BCUT2D eigenvalue weighted by atomic mass is 35.5. The lowest BCUT2D eigenvalue weighted by Gasteiger charge is -2.40. The molecule has 0 N–H and O–H groups in total. The molecule has 1 aromatic heterocycles. The molecule has 6 nitrogen and oxygen atoms in total. The molecule has 0 unspecified atom stereocenters. The van der Waals surface area contributed by atoms with Crippen molar-refractivity contribution in [2.24, 2.45) is 0 Å². The largest absolute Gasteiger partial charge is 0.381 e. The van der Waals surface area contributed by atoms with Gasteiger partial charge in [0.2, 0.25) is 0 Å². The molecule has 1 aromatic rings. The van der Waals surface area contributed by atoms with Crippen molar-refractivity contribution in [3.63, 3.8) is 0 Å². The van der Waals surface area contributed by atoms with E-state index in [2.05, 4.69) is 9.97 Å². The van der Waals surface area contributed by atoms with Crippen molar-refractivity contribution < 1.29 is 9.53 Å². The van der Waals surface area contributed by atoms with Crippen molar-refractivity contribution in [1.82, 2.24) is 14.9 Å². The maximum absolute atomic E-state index is 12.5. The minimum Gasteiger partial charge on any atom is -0.381 e. The molecule has 0 saturated carbocycles. The first-order valence-electron chi connectivity index (χ1n) is 6.73. The molecule has 0 radical (unpaired) electrons. The van der Waals surface area contributed by atoms with Gasteiger partial charge >= 0.3 is 6.03 Å². The maximum Gasteiger partial charge on any atom is 0.325 e. The van der Waals surface area contributed by atoms with Crippen molar-refractivity contribution in [3.8, 4) is 0 Å². The average molecular weight is 297 g/mol. The van der Waals surface area contributed by atoms with Gasteiger partial charge in [-0.25, -0.2) is 14.8 Å². The van der Waals surface area contributed by atoms with Crippen LogP contribution in [0.1, 0.15) is 24.2 Å². The molecular weight excluding hydrogens is 280 g/mol. The molecule has 0 atom stereocenters. The van der Waals surface area contributed by atoms with E-state index >= 15 is 0 Å². The third kappa shape index (κ3) is 2.23. The fourth-order valence-electron chi connectivity index (χ4n) is 2.76. The minimum absolute atomic E-state index is 0.0291. The van der Waals surface area contributed by atoms with Crippen LogP contribution in [0.25, 0.3) is 0 Å². The van der Waals surface area contributed by atoms with Crippen LogP contribution in [0.2, 0.25) is 5.15 Å². The van der Waals surface area contributed by atoms with Crippen molar-refractivity contribution in [3.05, 3.63) is 16.5 Å². The zero-order valence-electron chi connectivity index (χ0n) is 11.6. The van der Waals surface area contributed by atoms with E-state index < -0.39 is 0 Å². The molecule has 1 saturated heterocycles. The number of halogens is 1. The Morgan fingerprint density at radius 1 is 1.30 bits per heavy atom. The molecule has 3 heterocycles. The molecule has 108 valence electrons. The van der Waals surface area contributed by atoms with Crippen LogP contribution in [0.15, 0.2) is 0 Å². The Labute approximate surface area is 122 Å². The summed E-state index contributed by atoms with van der Waals surface area (Å²) < 4.78 is 5.36. The number of hydrogen-bond acceptors (Lipinski definition) is 4. The number of fused-ring (bicyclic) bond motifs is 1. The number of amides is 2. The van der Waals surface area contributed by atoms with Gasteiger partial charge < -0.3 is 9.64 Å². The van der Waals surface area contributed by atoms with Gasteiger partial charge in [0.25, 0.3) is 0 Å². The highest BCUT2D eigenvalue weighted by Crippen LogP contribution is 2.32. The summed E-state index contributed by atoms with van der Waals surface area (Å²) in [6.07, 6.45) is 1.72. The number of hydrogen-bond donors (Lipinski definition) is 0. The van der Waals surface area contributed by atoms with Gasteiger partial charge in [-0.15, -0.1) is 0 Å². The smallest absolute Gasteiger partial charge is 0.325 e. The molecule has 2 aliphatic rings. The van der Waals surface area contributed by atoms with Crippen LogP contribution in [0, 0.1) is 6.92 Å². The van der Waals surface area contributed by atoms with Crippen LogP contribution in [-0.4, -0.2) is 47.2 Å². The number of carbonyl (C=O) groups excluding carboxylic acids is 1. The number of urea groups is 1. The summed E-state index contributed by atoms with van der Waals surface area (Å²) in [5, 5.41) is 0.434. The second-order valence-corrected chi connectivity index (χ2v) is 5.53. The van der Waals surface area contributed by atoms with E-state index in [1.165, 1.54) is 0 Å². The number of aryl methyl sites for hydroxylation is 1. The Morgan fingerprint density at radius 3 is 2.70 bits per heavy atom. The Hall–Kier alpha value is -1.40. The summed E-state index contributed by atoms with van der Waals surface area (Å²) in [6, 6.07) is 0.169. The Balaban J connectivity index is 1.95. The predicted molar refractivity (Wildman–Crippen MR) is 75.0 cm³/mol. The first kappa shape index (κ1) is 13.6. The monoisotopic (exact) mass is 296 g/mol. The molecule has 2 amide bonds. The van der Waals surface area contributed by atoms with E-state index in [-0.39, 0.29) is 12.1 Å². The van der Waals surface area contributed by atoms with Gasteiger partial charge in [-0.05, 0) is 19.8 Å². The molecule has 0 aromatic carbocycles. The quantitative estimate of drug-likeness (QED) is 0.744. The lowest BCUT2D eigenvalue weighted by molar-refractivity contribution is 0.0440. The number of aromatic nitrogens is 2. The van der Waals surface area contributed by atoms with Gasteiger partial charge in [0.05, 0.1) is 12.1 Å². The lowest BCUT2D eigenvalue weighted by Crippen LogP contribution is -2.51. The molecule has 3 rings (SSSR count). The first-order valence-corrected chi connectivity index (χ1v) is 7.11. The summed E-state index contributed by atoms with van der Waals surface area (Å²) in [5.41, 5.74) is 0.825. The maximum atomic E-state index is 12.5. The van der Waals surface area contributed by atoms with E-state index in [0.29, 0.717) is 36.6 Å². The SMILES string of the molecule is Cc1nc(Cl)c2c(n1)N(C)C(=O)N(C1CCOCC1)C2. The highest BCUT2D eigenvalue weighted by molar-refractivity contribution is 6.30. The average Bonchev–Trinajstić information content (AvgIpc) is 2.44.